The molecule has 0 saturated carbocycles. The molecule has 166 valence electrons. The fourth-order valence-electron chi connectivity index (χ4n) is 3.04. The van der Waals surface area contributed by atoms with E-state index in [0.717, 1.165) is 21.1 Å². The molecule has 1 fully saturated rings. The highest BCUT2D eigenvalue weighted by Gasteiger charge is 2.35. The summed E-state index contributed by atoms with van der Waals surface area (Å²) >= 11 is 10.1. The highest BCUT2D eigenvalue weighted by atomic mass is 79.9. The average Bonchev–Trinajstić information content (AvgIpc) is 3.04. The fourth-order valence-corrected chi connectivity index (χ4v) is 4.50. The summed E-state index contributed by atoms with van der Waals surface area (Å²) in [7, 11) is 0. The van der Waals surface area contributed by atoms with Gasteiger partial charge in [0.25, 0.3) is 11.1 Å². The van der Waals surface area contributed by atoms with Crippen LogP contribution in [-0.4, -0.2) is 22.0 Å². The zero-order chi connectivity index (χ0) is 23.5. The van der Waals surface area contributed by atoms with E-state index >= 15 is 0 Å². The lowest BCUT2D eigenvalue weighted by Gasteiger charge is -2.14. The third-order valence-electron chi connectivity index (χ3n) is 4.70. The summed E-state index contributed by atoms with van der Waals surface area (Å²) in [6.45, 7) is -0.252. The number of hydrogen-bond acceptors (Lipinski definition) is 5. The van der Waals surface area contributed by atoms with Crippen LogP contribution in [0.2, 0.25) is 5.02 Å². The van der Waals surface area contributed by atoms with Crippen LogP contribution in [0, 0.1) is 5.82 Å². The number of halogens is 3. The minimum atomic E-state index is -0.585. The van der Waals surface area contributed by atoms with Crippen molar-refractivity contribution in [1.29, 1.82) is 0 Å². The lowest BCUT2D eigenvalue weighted by atomic mass is 10.2. The van der Waals surface area contributed by atoms with Gasteiger partial charge in [0.2, 0.25) is 0 Å². The van der Waals surface area contributed by atoms with Crippen molar-refractivity contribution < 1.29 is 23.5 Å². The highest BCUT2D eigenvalue weighted by molar-refractivity contribution is 9.10. The molecule has 3 aromatic rings. The Labute approximate surface area is 206 Å². The predicted molar refractivity (Wildman–Crippen MR) is 128 cm³/mol. The molecule has 0 atom stereocenters. The number of rotatable bonds is 5. The van der Waals surface area contributed by atoms with Crippen molar-refractivity contribution in [2.75, 3.05) is 0 Å². The van der Waals surface area contributed by atoms with Gasteiger partial charge in [0.1, 0.15) is 11.6 Å². The summed E-state index contributed by atoms with van der Waals surface area (Å²) in [5, 5.41) is -0.365. The van der Waals surface area contributed by atoms with Crippen LogP contribution >= 0.6 is 39.3 Å². The second-order valence-corrected chi connectivity index (χ2v) is 9.25. The molecule has 5 nitrogen and oxygen atoms in total. The van der Waals surface area contributed by atoms with E-state index in [1.165, 1.54) is 18.2 Å². The van der Waals surface area contributed by atoms with Crippen molar-refractivity contribution >= 4 is 62.5 Å². The summed E-state index contributed by atoms with van der Waals surface area (Å²) in [6, 6.07) is 17.5. The number of amides is 2. The third kappa shape index (κ3) is 5.35. The molecule has 0 aromatic heterocycles. The Morgan fingerprint density at radius 1 is 1.09 bits per heavy atom. The Balaban J connectivity index is 1.46. The van der Waals surface area contributed by atoms with Gasteiger partial charge in [-0.2, -0.15) is 0 Å². The number of hydrogen-bond donors (Lipinski definition) is 0. The molecule has 1 heterocycles. The fraction of sp³-hybridized carbons (Fsp3) is 0.0417. The topological polar surface area (TPSA) is 63.7 Å². The third-order valence-corrected chi connectivity index (χ3v) is 6.45. The van der Waals surface area contributed by atoms with Gasteiger partial charge in [0.05, 0.1) is 17.0 Å². The first-order valence-electron chi connectivity index (χ1n) is 9.58. The smallest absolute Gasteiger partial charge is 0.343 e. The number of ether oxygens (including phenoxy) is 1. The minimum absolute atomic E-state index is 0.0827. The van der Waals surface area contributed by atoms with Crippen LogP contribution in [0.4, 0.5) is 9.18 Å². The monoisotopic (exact) mass is 545 g/mol. The Morgan fingerprint density at radius 3 is 2.52 bits per heavy atom. The molecule has 0 aliphatic carbocycles. The summed E-state index contributed by atoms with van der Waals surface area (Å²) in [5.41, 5.74) is 1.11. The van der Waals surface area contributed by atoms with E-state index in [9.17, 15) is 18.8 Å². The zero-order valence-corrected chi connectivity index (χ0v) is 19.9. The minimum Gasteiger partial charge on any atom is -0.423 e. The molecule has 1 saturated heterocycles. The number of benzene rings is 3. The molecular weight excluding hydrogens is 533 g/mol. The molecule has 0 spiro atoms. The van der Waals surface area contributed by atoms with Crippen molar-refractivity contribution in [3.05, 3.63) is 104 Å². The zero-order valence-electron chi connectivity index (χ0n) is 16.8. The summed E-state index contributed by atoms with van der Waals surface area (Å²) in [6.07, 6.45) is 1.55. The molecule has 33 heavy (non-hydrogen) atoms. The summed E-state index contributed by atoms with van der Waals surface area (Å²) in [5.74, 6) is -1.29. The van der Waals surface area contributed by atoms with Crippen molar-refractivity contribution in [2.24, 2.45) is 0 Å². The van der Waals surface area contributed by atoms with Gasteiger partial charge in [-0.3, -0.25) is 14.5 Å². The number of carbonyl (C=O) groups is 3. The molecule has 0 bridgehead atoms. The molecule has 1 aliphatic heterocycles. The van der Waals surface area contributed by atoms with Crippen LogP contribution in [0.5, 0.6) is 5.75 Å². The molecule has 0 radical (unpaired) electrons. The van der Waals surface area contributed by atoms with E-state index in [4.69, 9.17) is 16.3 Å². The predicted octanol–water partition coefficient (Wildman–Crippen LogP) is 6.70. The molecule has 9 heteroatoms. The average molecular weight is 547 g/mol. The van der Waals surface area contributed by atoms with Crippen molar-refractivity contribution in [2.45, 2.75) is 6.54 Å². The second-order valence-electron chi connectivity index (χ2n) is 6.94. The first-order valence-corrected chi connectivity index (χ1v) is 11.6. The van der Waals surface area contributed by atoms with Crippen LogP contribution in [-0.2, 0) is 11.3 Å². The van der Waals surface area contributed by atoms with Crippen LogP contribution in [0.15, 0.2) is 76.1 Å². The molecule has 2 amide bonds. The highest BCUT2D eigenvalue weighted by Crippen LogP contribution is 2.34. The molecule has 0 unspecified atom stereocenters. The van der Waals surface area contributed by atoms with Crippen LogP contribution in [0.3, 0.4) is 0 Å². The van der Waals surface area contributed by atoms with Crippen molar-refractivity contribution in [3.8, 4) is 5.75 Å². The quantitative estimate of drug-likeness (QED) is 0.202. The number of imide groups is 1. The van der Waals surface area contributed by atoms with E-state index in [-0.39, 0.29) is 22.0 Å². The SMILES string of the molecule is O=C(Oc1ccc(/C=C2\SC(=O)N(Cc3c(F)cccc3Cl)C2=O)cc1)c1cccc(Br)c1. The lowest BCUT2D eigenvalue weighted by molar-refractivity contribution is -0.123. The Bertz CT molecular complexity index is 1280. The molecular formula is C24H14BrClFNO4S. The van der Waals surface area contributed by atoms with Gasteiger partial charge in [-0.15, -0.1) is 0 Å². The number of thioether (sulfide) groups is 1. The lowest BCUT2D eigenvalue weighted by Crippen LogP contribution is -2.28. The van der Waals surface area contributed by atoms with Crippen molar-refractivity contribution in [3.63, 3.8) is 0 Å². The Hall–Kier alpha value is -2.94. The molecule has 4 rings (SSSR count). The maximum Gasteiger partial charge on any atom is 0.343 e. The first-order chi connectivity index (χ1) is 15.8. The summed E-state index contributed by atoms with van der Waals surface area (Å²) < 4.78 is 20.2. The van der Waals surface area contributed by atoms with Gasteiger partial charge in [0.15, 0.2) is 0 Å². The van der Waals surface area contributed by atoms with E-state index in [1.54, 1.807) is 54.6 Å². The van der Waals surface area contributed by atoms with E-state index < -0.39 is 22.9 Å². The molecule has 1 aliphatic rings. The van der Waals surface area contributed by atoms with Crippen molar-refractivity contribution in [1.82, 2.24) is 4.90 Å². The van der Waals surface area contributed by atoms with Crippen LogP contribution < -0.4 is 4.74 Å². The normalized spacial score (nSPS) is 14.8. The Morgan fingerprint density at radius 2 is 1.82 bits per heavy atom. The van der Waals surface area contributed by atoms with Gasteiger partial charge in [-0.25, -0.2) is 9.18 Å². The standard InChI is InChI=1S/C24H14BrClFNO4S/c25-16-4-1-3-15(12-16)23(30)32-17-9-7-14(8-10-17)11-21-22(29)28(24(31)33-21)13-18-19(26)5-2-6-20(18)27/h1-12H,13H2/b21-11-. The number of esters is 1. The van der Waals surface area contributed by atoms with Gasteiger partial charge < -0.3 is 4.74 Å². The van der Waals surface area contributed by atoms with Crippen LogP contribution in [0.25, 0.3) is 6.08 Å². The first kappa shape index (κ1) is 23.2. The van der Waals surface area contributed by atoms with E-state index in [2.05, 4.69) is 15.9 Å². The van der Waals surface area contributed by atoms with Gasteiger partial charge >= 0.3 is 5.97 Å². The van der Waals surface area contributed by atoms with Crippen LogP contribution in [0.1, 0.15) is 21.5 Å². The number of carbonyl (C=O) groups excluding carboxylic acids is 3. The van der Waals surface area contributed by atoms with Gasteiger partial charge in [-0.05, 0) is 65.9 Å². The second kappa shape index (κ2) is 9.91. The maximum absolute atomic E-state index is 14.1. The molecule has 3 aromatic carbocycles. The van der Waals surface area contributed by atoms with E-state index in [0.29, 0.717) is 16.9 Å². The maximum atomic E-state index is 14.1. The molecule has 0 N–H and O–H groups in total. The number of nitrogens with zero attached hydrogens (tertiary/aromatic N) is 1. The largest absolute Gasteiger partial charge is 0.423 e. The van der Waals surface area contributed by atoms with E-state index in [1.807, 2.05) is 0 Å². The summed E-state index contributed by atoms with van der Waals surface area (Å²) in [4.78, 5) is 38.5. The van der Waals surface area contributed by atoms with Gasteiger partial charge in [0, 0.05) is 15.1 Å². The Kier molecular flexibility index (Phi) is 6.97. The van der Waals surface area contributed by atoms with Gasteiger partial charge in [-0.1, -0.05) is 51.8 Å².